The van der Waals surface area contributed by atoms with Gasteiger partial charge in [0.15, 0.2) is 11.5 Å². The third-order valence-corrected chi connectivity index (χ3v) is 2.36. The first-order chi connectivity index (χ1) is 8.83. The van der Waals surface area contributed by atoms with Gasteiger partial charge in [0.2, 0.25) is 0 Å². The molecule has 2 N–H and O–H groups in total. The van der Waals surface area contributed by atoms with Crippen LogP contribution >= 0.6 is 0 Å². The minimum absolute atomic E-state index is 0.0274. The number of benzene rings is 1. The molecule has 18 heavy (non-hydrogen) atoms. The highest BCUT2D eigenvalue weighted by molar-refractivity contribution is 5.46. The zero-order valence-electron chi connectivity index (χ0n) is 10.9. The lowest BCUT2D eigenvalue weighted by atomic mass is 10.2. The summed E-state index contributed by atoms with van der Waals surface area (Å²) in [6, 6.07) is 5.78. The first-order valence-corrected chi connectivity index (χ1v) is 5.95. The number of methoxy groups -OCH3 is 1. The maximum absolute atomic E-state index is 8.58. The maximum atomic E-state index is 8.58. The number of para-hydroxylation sites is 1. The van der Waals surface area contributed by atoms with E-state index in [4.69, 9.17) is 19.3 Å². The van der Waals surface area contributed by atoms with E-state index in [9.17, 15) is 0 Å². The summed E-state index contributed by atoms with van der Waals surface area (Å²) in [5.74, 6) is 1.45. The fourth-order valence-corrected chi connectivity index (χ4v) is 1.58. The van der Waals surface area contributed by atoms with Gasteiger partial charge in [-0.15, -0.1) is 0 Å². The molecular formula is C13H21NO4. The summed E-state index contributed by atoms with van der Waals surface area (Å²) in [5, 5.41) is 11.7. The van der Waals surface area contributed by atoms with Gasteiger partial charge in [0.25, 0.3) is 0 Å². The van der Waals surface area contributed by atoms with Crippen molar-refractivity contribution >= 4 is 0 Å². The molecule has 0 atom stereocenters. The second kappa shape index (κ2) is 8.74. The van der Waals surface area contributed by atoms with Crippen LogP contribution in [-0.2, 0) is 11.3 Å². The Morgan fingerprint density at radius 1 is 1.22 bits per heavy atom. The van der Waals surface area contributed by atoms with E-state index < -0.39 is 0 Å². The molecule has 0 aliphatic heterocycles. The van der Waals surface area contributed by atoms with Gasteiger partial charge < -0.3 is 24.6 Å². The van der Waals surface area contributed by atoms with E-state index in [-0.39, 0.29) is 6.61 Å². The quantitative estimate of drug-likeness (QED) is 0.639. The fourth-order valence-electron chi connectivity index (χ4n) is 1.58. The standard InChI is InChI=1S/C13H21NO4/c1-14-10-11-4-3-5-12(16-2)13(11)18-9-8-17-7-6-15/h3-5,14-15H,6-10H2,1-2H3. The maximum Gasteiger partial charge on any atom is 0.165 e. The number of rotatable bonds is 9. The van der Waals surface area contributed by atoms with Gasteiger partial charge in [-0.05, 0) is 13.1 Å². The first kappa shape index (κ1) is 14.8. The van der Waals surface area contributed by atoms with Crippen LogP contribution in [0.1, 0.15) is 5.56 Å². The van der Waals surface area contributed by atoms with Crippen molar-refractivity contribution in [2.75, 3.05) is 40.6 Å². The fraction of sp³-hybridized carbons (Fsp3) is 0.538. The normalized spacial score (nSPS) is 10.4. The predicted molar refractivity (Wildman–Crippen MR) is 69.2 cm³/mol. The average Bonchev–Trinajstić information content (AvgIpc) is 2.40. The molecule has 0 heterocycles. The Hall–Kier alpha value is -1.30. The number of hydrogen-bond donors (Lipinski definition) is 2. The number of ether oxygens (including phenoxy) is 3. The third kappa shape index (κ3) is 4.52. The lowest BCUT2D eigenvalue weighted by Crippen LogP contribution is -2.12. The van der Waals surface area contributed by atoms with Gasteiger partial charge in [0, 0.05) is 12.1 Å². The van der Waals surface area contributed by atoms with Gasteiger partial charge in [-0.3, -0.25) is 0 Å². The zero-order chi connectivity index (χ0) is 13.2. The highest BCUT2D eigenvalue weighted by Gasteiger charge is 2.09. The molecular weight excluding hydrogens is 234 g/mol. The Bertz CT molecular complexity index is 344. The van der Waals surface area contributed by atoms with Crippen LogP contribution in [0.15, 0.2) is 18.2 Å². The summed E-state index contributed by atoms with van der Waals surface area (Å²) < 4.78 is 16.1. The lowest BCUT2D eigenvalue weighted by molar-refractivity contribution is 0.0696. The summed E-state index contributed by atoms with van der Waals surface area (Å²) in [7, 11) is 3.50. The molecule has 0 spiro atoms. The van der Waals surface area contributed by atoms with E-state index >= 15 is 0 Å². The van der Waals surface area contributed by atoms with Crippen molar-refractivity contribution in [1.29, 1.82) is 0 Å². The van der Waals surface area contributed by atoms with E-state index in [1.807, 2.05) is 25.2 Å². The van der Waals surface area contributed by atoms with Gasteiger partial charge in [0.1, 0.15) is 6.61 Å². The number of hydrogen-bond acceptors (Lipinski definition) is 5. The highest BCUT2D eigenvalue weighted by atomic mass is 16.5. The minimum atomic E-state index is 0.0274. The Balaban J connectivity index is 2.60. The van der Waals surface area contributed by atoms with Crippen LogP contribution in [0, 0.1) is 0 Å². The summed E-state index contributed by atoms with van der Waals surface area (Å²) in [4.78, 5) is 0. The molecule has 0 aliphatic carbocycles. The molecule has 0 amide bonds. The smallest absolute Gasteiger partial charge is 0.165 e. The van der Waals surface area contributed by atoms with Crippen LogP contribution in [0.4, 0.5) is 0 Å². The van der Waals surface area contributed by atoms with Gasteiger partial charge >= 0.3 is 0 Å². The molecule has 5 nitrogen and oxygen atoms in total. The van der Waals surface area contributed by atoms with E-state index in [1.54, 1.807) is 7.11 Å². The van der Waals surface area contributed by atoms with Crippen molar-refractivity contribution in [3.63, 3.8) is 0 Å². The van der Waals surface area contributed by atoms with Crippen molar-refractivity contribution < 1.29 is 19.3 Å². The summed E-state index contributed by atoms with van der Waals surface area (Å²) in [6.45, 7) is 1.94. The highest BCUT2D eigenvalue weighted by Crippen LogP contribution is 2.30. The summed E-state index contributed by atoms with van der Waals surface area (Å²) >= 11 is 0. The molecule has 0 saturated carbocycles. The molecule has 1 aromatic rings. The molecule has 0 fully saturated rings. The van der Waals surface area contributed by atoms with E-state index in [1.165, 1.54) is 0 Å². The number of nitrogens with one attached hydrogen (secondary N) is 1. The van der Waals surface area contributed by atoms with Crippen LogP contribution in [-0.4, -0.2) is 45.7 Å². The summed E-state index contributed by atoms with van der Waals surface area (Å²) in [5.41, 5.74) is 1.04. The molecule has 0 bridgehead atoms. The molecule has 0 unspecified atom stereocenters. The zero-order valence-corrected chi connectivity index (χ0v) is 10.9. The minimum Gasteiger partial charge on any atom is -0.493 e. The van der Waals surface area contributed by atoms with Crippen LogP contribution in [0.5, 0.6) is 11.5 Å². The molecule has 102 valence electrons. The number of aliphatic hydroxyl groups is 1. The van der Waals surface area contributed by atoms with Gasteiger partial charge in [-0.1, -0.05) is 12.1 Å². The van der Waals surface area contributed by atoms with E-state index in [2.05, 4.69) is 5.32 Å². The van der Waals surface area contributed by atoms with Gasteiger partial charge in [0.05, 0.1) is 26.9 Å². The van der Waals surface area contributed by atoms with Crippen molar-refractivity contribution in [2.45, 2.75) is 6.54 Å². The van der Waals surface area contributed by atoms with Crippen LogP contribution in [0.2, 0.25) is 0 Å². The van der Waals surface area contributed by atoms with Crippen molar-refractivity contribution in [3.8, 4) is 11.5 Å². The monoisotopic (exact) mass is 255 g/mol. The lowest BCUT2D eigenvalue weighted by Gasteiger charge is -2.14. The Labute approximate surface area is 108 Å². The molecule has 1 aromatic carbocycles. The van der Waals surface area contributed by atoms with Gasteiger partial charge in [-0.25, -0.2) is 0 Å². The van der Waals surface area contributed by atoms with Crippen LogP contribution in [0.3, 0.4) is 0 Å². The molecule has 0 saturated heterocycles. The Kier molecular flexibility index (Phi) is 7.17. The molecule has 0 aromatic heterocycles. The average molecular weight is 255 g/mol. The second-order valence-corrected chi connectivity index (χ2v) is 3.66. The number of aliphatic hydroxyl groups excluding tert-OH is 1. The molecule has 0 aliphatic rings. The van der Waals surface area contributed by atoms with Crippen molar-refractivity contribution in [2.24, 2.45) is 0 Å². The Morgan fingerprint density at radius 2 is 2.06 bits per heavy atom. The second-order valence-electron chi connectivity index (χ2n) is 3.66. The van der Waals surface area contributed by atoms with Crippen molar-refractivity contribution in [3.05, 3.63) is 23.8 Å². The first-order valence-electron chi connectivity index (χ1n) is 5.95. The Morgan fingerprint density at radius 3 is 2.72 bits per heavy atom. The largest absolute Gasteiger partial charge is 0.493 e. The SMILES string of the molecule is CNCc1cccc(OC)c1OCCOCCO. The van der Waals surface area contributed by atoms with Crippen molar-refractivity contribution in [1.82, 2.24) is 5.32 Å². The third-order valence-electron chi connectivity index (χ3n) is 2.36. The molecule has 0 radical (unpaired) electrons. The van der Waals surface area contributed by atoms with Crippen LogP contribution in [0.25, 0.3) is 0 Å². The molecule has 1 rings (SSSR count). The van der Waals surface area contributed by atoms with E-state index in [0.29, 0.717) is 32.1 Å². The van der Waals surface area contributed by atoms with Gasteiger partial charge in [-0.2, -0.15) is 0 Å². The van der Waals surface area contributed by atoms with E-state index in [0.717, 1.165) is 11.3 Å². The topological polar surface area (TPSA) is 60.0 Å². The molecule has 5 heteroatoms. The summed E-state index contributed by atoms with van der Waals surface area (Å²) in [6.07, 6.45) is 0. The van der Waals surface area contributed by atoms with Crippen LogP contribution < -0.4 is 14.8 Å². The predicted octanol–water partition coefficient (Wildman–Crippen LogP) is 0.802.